The number of rotatable bonds is 4. The van der Waals surface area contributed by atoms with Crippen LogP contribution in [0.2, 0.25) is 0 Å². The SMILES string of the molecule is COc1ccc(-c2noc(Cn3cnc4sccc4c3=O)n2)cc1. The highest BCUT2D eigenvalue weighted by molar-refractivity contribution is 7.16. The van der Waals surface area contributed by atoms with E-state index in [9.17, 15) is 4.79 Å². The summed E-state index contributed by atoms with van der Waals surface area (Å²) >= 11 is 1.43. The highest BCUT2D eigenvalue weighted by Crippen LogP contribution is 2.20. The highest BCUT2D eigenvalue weighted by Gasteiger charge is 2.12. The number of hydrogen-bond acceptors (Lipinski definition) is 7. The summed E-state index contributed by atoms with van der Waals surface area (Å²) in [5, 5.41) is 6.40. The van der Waals surface area contributed by atoms with E-state index in [0.717, 1.165) is 16.1 Å². The average molecular weight is 340 g/mol. The quantitative estimate of drug-likeness (QED) is 0.568. The lowest BCUT2D eigenvalue weighted by molar-refractivity contribution is 0.369. The van der Waals surface area contributed by atoms with Gasteiger partial charge < -0.3 is 9.26 Å². The van der Waals surface area contributed by atoms with Gasteiger partial charge in [-0.3, -0.25) is 9.36 Å². The monoisotopic (exact) mass is 340 g/mol. The fourth-order valence-electron chi connectivity index (χ4n) is 2.33. The van der Waals surface area contributed by atoms with Crippen LogP contribution in [0.15, 0.2) is 51.4 Å². The van der Waals surface area contributed by atoms with E-state index in [1.54, 1.807) is 13.2 Å². The summed E-state index contributed by atoms with van der Waals surface area (Å²) in [6, 6.07) is 9.11. The number of hydrogen-bond donors (Lipinski definition) is 0. The second-order valence-electron chi connectivity index (χ2n) is 5.06. The molecule has 0 N–H and O–H groups in total. The molecule has 8 heteroatoms. The molecule has 0 saturated carbocycles. The molecule has 120 valence electrons. The van der Waals surface area contributed by atoms with Crippen molar-refractivity contribution in [3.05, 3.63) is 58.3 Å². The minimum Gasteiger partial charge on any atom is -0.497 e. The molecule has 4 rings (SSSR count). The summed E-state index contributed by atoms with van der Waals surface area (Å²) in [4.78, 5) is 21.7. The lowest BCUT2D eigenvalue weighted by Gasteiger charge is -2.00. The summed E-state index contributed by atoms with van der Waals surface area (Å²) in [5.74, 6) is 1.56. The van der Waals surface area contributed by atoms with Gasteiger partial charge in [-0.1, -0.05) is 5.16 Å². The molecular weight excluding hydrogens is 328 g/mol. The molecule has 0 unspecified atom stereocenters. The fraction of sp³-hybridized carbons (Fsp3) is 0.125. The molecule has 3 aromatic heterocycles. The molecule has 0 spiro atoms. The van der Waals surface area contributed by atoms with E-state index < -0.39 is 0 Å². The lowest BCUT2D eigenvalue weighted by atomic mass is 10.2. The van der Waals surface area contributed by atoms with Gasteiger partial charge in [-0.05, 0) is 35.7 Å². The van der Waals surface area contributed by atoms with Crippen molar-refractivity contribution in [2.24, 2.45) is 0 Å². The van der Waals surface area contributed by atoms with Crippen LogP contribution in [0.4, 0.5) is 0 Å². The van der Waals surface area contributed by atoms with Crippen molar-refractivity contribution in [2.75, 3.05) is 7.11 Å². The Morgan fingerprint density at radius 1 is 1.25 bits per heavy atom. The Morgan fingerprint density at radius 2 is 2.08 bits per heavy atom. The van der Waals surface area contributed by atoms with Gasteiger partial charge in [-0.15, -0.1) is 11.3 Å². The molecule has 4 aromatic rings. The average Bonchev–Trinajstić information content (AvgIpc) is 3.27. The number of fused-ring (bicyclic) bond motifs is 1. The second kappa shape index (κ2) is 5.89. The normalized spacial score (nSPS) is 11.0. The summed E-state index contributed by atoms with van der Waals surface area (Å²) in [7, 11) is 1.61. The highest BCUT2D eigenvalue weighted by atomic mass is 32.1. The molecule has 0 atom stereocenters. The molecule has 0 saturated heterocycles. The number of thiophene rings is 1. The summed E-state index contributed by atoms with van der Waals surface area (Å²) in [6.45, 7) is 0.181. The van der Waals surface area contributed by atoms with Crippen LogP contribution < -0.4 is 10.3 Å². The van der Waals surface area contributed by atoms with Gasteiger partial charge in [0.1, 0.15) is 17.1 Å². The van der Waals surface area contributed by atoms with Crippen molar-refractivity contribution in [1.29, 1.82) is 0 Å². The van der Waals surface area contributed by atoms with Crippen LogP contribution in [-0.4, -0.2) is 26.8 Å². The fourth-order valence-corrected chi connectivity index (χ4v) is 3.05. The zero-order chi connectivity index (χ0) is 16.5. The zero-order valence-corrected chi connectivity index (χ0v) is 13.5. The van der Waals surface area contributed by atoms with Crippen molar-refractivity contribution >= 4 is 21.6 Å². The Hall–Kier alpha value is -3.00. The van der Waals surface area contributed by atoms with Gasteiger partial charge in [0, 0.05) is 5.56 Å². The first-order valence-corrected chi connectivity index (χ1v) is 8.02. The summed E-state index contributed by atoms with van der Waals surface area (Å²) < 4.78 is 11.8. The van der Waals surface area contributed by atoms with E-state index in [0.29, 0.717) is 17.1 Å². The summed E-state index contributed by atoms with van der Waals surface area (Å²) in [5.41, 5.74) is 0.690. The van der Waals surface area contributed by atoms with Gasteiger partial charge in [-0.2, -0.15) is 4.98 Å². The summed E-state index contributed by atoms with van der Waals surface area (Å²) in [6.07, 6.45) is 1.50. The predicted molar refractivity (Wildman–Crippen MR) is 89.3 cm³/mol. The number of nitrogens with zero attached hydrogens (tertiary/aromatic N) is 4. The van der Waals surface area contributed by atoms with Crippen LogP contribution >= 0.6 is 11.3 Å². The molecule has 3 heterocycles. The van der Waals surface area contributed by atoms with Gasteiger partial charge in [0.2, 0.25) is 11.7 Å². The molecule has 0 aliphatic carbocycles. The van der Waals surface area contributed by atoms with Crippen molar-refractivity contribution in [2.45, 2.75) is 6.54 Å². The van der Waals surface area contributed by atoms with E-state index in [1.807, 2.05) is 29.6 Å². The standard InChI is InChI=1S/C16H12N4O3S/c1-22-11-4-2-10(3-5-11)14-18-13(23-19-14)8-20-9-17-15-12(16(20)21)6-7-24-15/h2-7,9H,8H2,1H3. The van der Waals surface area contributed by atoms with Crippen molar-refractivity contribution < 1.29 is 9.26 Å². The van der Waals surface area contributed by atoms with Crippen LogP contribution in [0.1, 0.15) is 5.89 Å². The van der Waals surface area contributed by atoms with Crippen LogP contribution in [-0.2, 0) is 6.54 Å². The van der Waals surface area contributed by atoms with Crippen molar-refractivity contribution in [3.63, 3.8) is 0 Å². The first kappa shape index (κ1) is 14.6. The molecule has 24 heavy (non-hydrogen) atoms. The minimum atomic E-state index is -0.120. The first-order chi connectivity index (χ1) is 11.7. The van der Waals surface area contributed by atoms with Gasteiger partial charge in [0.15, 0.2) is 0 Å². The van der Waals surface area contributed by atoms with Crippen LogP contribution in [0.3, 0.4) is 0 Å². The van der Waals surface area contributed by atoms with Gasteiger partial charge in [0.25, 0.3) is 5.56 Å². The van der Waals surface area contributed by atoms with E-state index in [1.165, 1.54) is 22.2 Å². The maximum atomic E-state index is 12.4. The maximum Gasteiger partial charge on any atom is 0.262 e. The third-order valence-electron chi connectivity index (χ3n) is 3.57. The van der Waals surface area contributed by atoms with Crippen LogP contribution in [0, 0.1) is 0 Å². The van der Waals surface area contributed by atoms with E-state index in [4.69, 9.17) is 9.26 Å². The number of methoxy groups -OCH3 is 1. The molecule has 0 aliphatic rings. The Morgan fingerprint density at radius 3 is 2.88 bits per heavy atom. The zero-order valence-electron chi connectivity index (χ0n) is 12.7. The molecule has 0 aliphatic heterocycles. The molecular formula is C16H12N4O3S. The number of ether oxygens (including phenoxy) is 1. The lowest BCUT2D eigenvalue weighted by Crippen LogP contribution is -2.20. The van der Waals surface area contributed by atoms with E-state index >= 15 is 0 Å². The smallest absolute Gasteiger partial charge is 0.262 e. The maximum absolute atomic E-state index is 12.4. The first-order valence-electron chi connectivity index (χ1n) is 7.14. The largest absolute Gasteiger partial charge is 0.497 e. The van der Waals surface area contributed by atoms with Gasteiger partial charge >= 0.3 is 0 Å². The number of benzene rings is 1. The molecule has 0 radical (unpaired) electrons. The van der Waals surface area contributed by atoms with Crippen molar-refractivity contribution in [3.8, 4) is 17.1 Å². The second-order valence-corrected chi connectivity index (χ2v) is 5.95. The van der Waals surface area contributed by atoms with Gasteiger partial charge in [-0.25, -0.2) is 4.98 Å². The van der Waals surface area contributed by atoms with Crippen molar-refractivity contribution in [1.82, 2.24) is 19.7 Å². The van der Waals surface area contributed by atoms with E-state index in [2.05, 4.69) is 15.1 Å². The molecule has 7 nitrogen and oxygen atoms in total. The van der Waals surface area contributed by atoms with E-state index in [-0.39, 0.29) is 12.1 Å². The van der Waals surface area contributed by atoms with Crippen LogP contribution in [0.5, 0.6) is 5.75 Å². The molecule has 0 amide bonds. The number of aromatic nitrogens is 4. The third kappa shape index (κ3) is 2.56. The Balaban J connectivity index is 1.62. The predicted octanol–water partition coefficient (Wildman–Crippen LogP) is 2.56. The topological polar surface area (TPSA) is 83.0 Å². The Labute approximate surface area is 140 Å². The minimum absolute atomic E-state index is 0.120. The molecule has 0 fully saturated rings. The molecule has 1 aromatic carbocycles. The Kier molecular flexibility index (Phi) is 3.58. The Bertz CT molecular complexity index is 1050. The van der Waals surface area contributed by atoms with Crippen LogP contribution in [0.25, 0.3) is 21.6 Å². The van der Waals surface area contributed by atoms with Gasteiger partial charge in [0.05, 0.1) is 18.8 Å². The third-order valence-corrected chi connectivity index (χ3v) is 4.39. The molecule has 0 bridgehead atoms.